The molecule has 9 heteroatoms. The van der Waals surface area contributed by atoms with Crippen molar-refractivity contribution in [2.75, 3.05) is 12.0 Å². The van der Waals surface area contributed by atoms with Crippen LogP contribution in [0.2, 0.25) is 5.02 Å². The van der Waals surface area contributed by atoms with Crippen molar-refractivity contribution >= 4 is 41.2 Å². The molecular formula is C33H27ClN2O6. The van der Waals surface area contributed by atoms with Crippen LogP contribution < -0.4 is 24.4 Å². The van der Waals surface area contributed by atoms with Crippen LogP contribution in [0.15, 0.2) is 96.6 Å². The predicted molar refractivity (Wildman–Crippen MR) is 160 cm³/mol. The topological polar surface area (TPSA) is 94.2 Å². The van der Waals surface area contributed by atoms with Crippen molar-refractivity contribution < 1.29 is 28.6 Å². The number of carbonyl (C=O) groups excluding carboxylic acids is 3. The molecule has 0 bridgehead atoms. The number of aryl methyl sites for hydroxylation is 1. The Morgan fingerprint density at radius 1 is 0.786 bits per heavy atom. The summed E-state index contributed by atoms with van der Waals surface area (Å²) in [6.07, 6.45) is 1.41. The van der Waals surface area contributed by atoms with Gasteiger partial charge in [0.25, 0.3) is 11.8 Å². The molecule has 0 saturated carbocycles. The van der Waals surface area contributed by atoms with Gasteiger partial charge in [-0.15, -0.1) is 0 Å². The van der Waals surface area contributed by atoms with Crippen molar-refractivity contribution in [1.82, 2.24) is 5.32 Å². The number of rotatable bonds is 9. The molecule has 1 aliphatic heterocycles. The number of carbonyl (C=O) groups is 3. The second-order valence-electron chi connectivity index (χ2n) is 9.55. The van der Waals surface area contributed by atoms with Crippen LogP contribution in [0.1, 0.15) is 22.3 Å². The van der Waals surface area contributed by atoms with Crippen LogP contribution in [0.5, 0.6) is 17.2 Å². The van der Waals surface area contributed by atoms with E-state index in [4.69, 9.17) is 25.8 Å². The maximum Gasteiger partial charge on any atom is 0.335 e. The Kier molecular flexibility index (Phi) is 8.55. The predicted octanol–water partition coefficient (Wildman–Crippen LogP) is 6.48. The molecule has 212 valence electrons. The molecule has 4 amide bonds. The summed E-state index contributed by atoms with van der Waals surface area (Å²) in [5.74, 6) is -0.0562. The molecule has 4 aromatic carbocycles. The highest BCUT2D eigenvalue weighted by Crippen LogP contribution is 2.31. The summed E-state index contributed by atoms with van der Waals surface area (Å²) >= 11 is 5.92. The first-order valence-corrected chi connectivity index (χ1v) is 13.4. The Hall–Kier alpha value is -5.08. The number of amides is 4. The third kappa shape index (κ3) is 6.62. The minimum atomic E-state index is -0.839. The second kappa shape index (κ2) is 12.6. The standard InChI is InChI=1S/C33H27ClN2O6/c1-21-3-5-22(6-4-21)20-42-29-16-9-24(18-30(29)40-2)17-28-31(37)35-33(39)36(32(28)38)26-12-14-27(15-13-26)41-19-23-7-10-25(34)11-8-23/h3-18H,19-20H2,1-2H3,(H,35,37,39)/b28-17+. The van der Waals surface area contributed by atoms with E-state index in [-0.39, 0.29) is 11.3 Å². The lowest BCUT2D eigenvalue weighted by molar-refractivity contribution is -0.122. The van der Waals surface area contributed by atoms with Crippen molar-refractivity contribution in [1.29, 1.82) is 0 Å². The fraction of sp³-hybridized carbons (Fsp3) is 0.121. The molecule has 1 fully saturated rings. The van der Waals surface area contributed by atoms with Crippen molar-refractivity contribution in [2.45, 2.75) is 20.1 Å². The fourth-order valence-corrected chi connectivity index (χ4v) is 4.36. The van der Waals surface area contributed by atoms with Crippen LogP contribution in [0, 0.1) is 6.92 Å². The molecule has 0 atom stereocenters. The first-order chi connectivity index (χ1) is 20.3. The Bertz CT molecular complexity index is 1650. The zero-order valence-electron chi connectivity index (χ0n) is 22.9. The van der Waals surface area contributed by atoms with Crippen molar-refractivity contribution in [3.8, 4) is 17.2 Å². The third-order valence-corrected chi connectivity index (χ3v) is 6.78. The van der Waals surface area contributed by atoms with Crippen LogP contribution in [-0.4, -0.2) is 25.0 Å². The number of methoxy groups -OCH3 is 1. The van der Waals surface area contributed by atoms with Gasteiger partial charge in [0.15, 0.2) is 11.5 Å². The number of halogens is 1. The highest BCUT2D eigenvalue weighted by molar-refractivity contribution is 6.39. The van der Waals surface area contributed by atoms with E-state index in [0.29, 0.717) is 41.0 Å². The molecule has 8 nitrogen and oxygen atoms in total. The molecule has 5 rings (SSSR count). The highest BCUT2D eigenvalue weighted by Gasteiger charge is 2.36. The summed E-state index contributed by atoms with van der Waals surface area (Å²) in [5.41, 5.74) is 3.70. The Balaban J connectivity index is 1.30. The lowest BCUT2D eigenvalue weighted by Gasteiger charge is -2.26. The van der Waals surface area contributed by atoms with Gasteiger partial charge in [-0.3, -0.25) is 14.9 Å². The summed E-state index contributed by atoms with van der Waals surface area (Å²) in [7, 11) is 1.51. The number of barbiturate groups is 1. The number of nitrogens with one attached hydrogen (secondary N) is 1. The number of ether oxygens (including phenoxy) is 3. The van der Waals surface area contributed by atoms with Crippen molar-refractivity contribution in [3.63, 3.8) is 0 Å². The number of urea groups is 1. The summed E-state index contributed by atoms with van der Waals surface area (Å²) < 4.78 is 17.2. The van der Waals surface area contributed by atoms with E-state index in [1.54, 1.807) is 54.6 Å². The van der Waals surface area contributed by atoms with E-state index in [1.165, 1.54) is 13.2 Å². The lowest BCUT2D eigenvalue weighted by atomic mass is 10.1. The van der Waals surface area contributed by atoms with Crippen LogP contribution in [-0.2, 0) is 22.8 Å². The molecule has 1 N–H and O–H groups in total. The Morgan fingerprint density at radius 2 is 1.43 bits per heavy atom. The molecule has 0 aliphatic carbocycles. The summed E-state index contributed by atoms with van der Waals surface area (Å²) in [4.78, 5) is 39.6. The monoisotopic (exact) mass is 582 g/mol. The van der Waals surface area contributed by atoms with E-state index in [1.807, 2.05) is 43.3 Å². The summed E-state index contributed by atoms with van der Waals surface area (Å²) in [6, 6.07) is 25.9. The molecule has 1 heterocycles. The summed E-state index contributed by atoms with van der Waals surface area (Å²) in [6.45, 7) is 2.68. The molecule has 1 saturated heterocycles. The van der Waals surface area contributed by atoms with Gasteiger partial charge < -0.3 is 14.2 Å². The average Bonchev–Trinajstić information content (AvgIpc) is 2.99. The first-order valence-electron chi connectivity index (χ1n) is 13.1. The first kappa shape index (κ1) is 28.4. The number of hydrogen-bond donors (Lipinski definition) is 1. The summed E-state index contributed by atoms with van der Waals surface area (Å²) in [5, 5.41) is 2.88. The fourth-order valence-electron chi connectivity index (χ4n) is 4.24. The highest BCUT2D eigenvalue weighted by atomic mass is 35.5. The zero-order valence-corrected chi connectivity index (χ0v) is 23.7. The third-order valence-electron chi connectivity index (χ3n) is 6.53. The quantitative estimate of drug-likeness (QED) is 0.179. The van der Waals surface area contributed by atoms with E-state index >= 15 is 0 Å². The largest absolute Gasteiger partial charge is 0.493 e. The Morgan fingerprint density at radius 3 is 2.10 bits per heavy atom. The van der Waals surface area contributed by atoms with E-state index in [0.717, 1.165) is 21.6 Å². The van der Waals surface area contributed by atoms with Gasteiger partial charge in [-0.1, -0.05) is 59.6 Å². The van der Waals surface area contributed by atoms with Gasteiger partial charge in [-0.25, -0.2) is 9.69 Å². The van der Waals surface area contributed by atoms with Gasteiger partial charge in [0.1, 0.15) is 24.5 Å². The van der Waals surface area contributed by atoms with E-state index < -0.39 is 17.8 Å². The van der Waals surface area contributed by atoms with Gasteiger partial charge in [0, 0.05) is 5.02 Å². The van der Waals surface area contributed by atoms with Crippen LogP contribution in [0.25, 0.3) is 6.08 Å². The number of imide groups is 2. The van der Waals surface area contributed by atoms with Gasteiger partial charge in [-0.2, -0.15) is 0 Å². The smallest absolute Gasteiger partial charge is 0.335 e. The molecule has 0 unspecified atom stereocenters. The number of nitrogens with zero attached hydrogens (tertiary/aromatic N) is 1. The average molecular weight is 583 g/mol. The van der Waals surface area contributed by atoms with Crippen LogP contribution in [0.4, 0.5) is 10.5 Å². The molecule has 1 aliphatic rings. The zero-order chi connectivity index (χ0) is 29.6. The number of anilines is 1. The minimum Gasteiger partial charge on any atom is -0.493 e. The number of hydrogen-bond acceptors (Lipinski definition) is 6. The van der Waals surface area contributed by atoms with E-state index in [2.05, 4.69) is 5.32 Å². The number of benzene rings is 4. The van der Waals surface area contributed by atoms with Gasteiger partial charge in [-0.05, 0) is 78.2 Å². The van der Waals surface area contributed by atoms with E-state index in [9.17, 15) is 14.4 Å². The molecule has 0 radical (unpaired) electrons. The molecular weight excluding hydrogens is 556 g/mol. The molecule has 0 aromatic heterocycles. The van der Waals surface area contributed by atoms with Crippen LogP contribution in [0.3, 0.4) is 0 Å². The maximum atomic E-state index is 13.4. The normalized spacial score (nSPS) is 14.1. The lowest BCUT2D eigenvalue weighted by Crippen LogP contribution is -2.54. The van der Waals surface area contributed by atoms with Crippen molar-refractivity contribution in [3.05, 3.63) is 124 Å². The van der Waals surface area contributed by atoms with Gasteiger partial charge in [0.05, 0.1) is 12.8 Å². The molecule has 42 heavy (non-hydrogen) atoms. The second-order valence-corrected chi connectivity index (χ2v) is 9.99. The van der Waals surface area contributed by atoms with Gasteiger partial charge in [0.2, 0.25) is 0 Å². The molecule has 4 aromatic rings. The van der Waals surface area contributed by atoms with Gasteiger partial charge >= 0.3 is 6.03 Å². The maximum absolute atomic E-state index is 13.4. The van der Waals surface area contributed by atoms with Crippen LogP contribution >= 0.6 is 11.6 Å². The molecule has 0 spiro atoms. The minimum absolute atomic E-state index is 0.201. The SMILES string of the molecule is COc1cc(/C=C2\C(=O)NC(=O)N(c3ccc(OCc4ccc(Cl)cc4)cc3)C2=O)ccc1OCc1ccc(C)cc1. The Labute approximate surface area is 248 Å². The van der Waals surface area contributed by atoms with Crippen molar-refractivity contribution in [2.24, 2.45) is 0 Å².